The lowest BCUT2D eigenvalue weighted by Gasteiger charge is -2.33. The van der Waals surface area contributed by atoms with Crippen LogP contribution >= 0.6 is 0 Å². The molecule has 1 N–H and O–H groups in total. The van der Waals surface area contributed by atoms with Crippen LogP contribution in [0.25, 0.3) is 0 Å². The highest BCUT2D eigenvalue weighted by Gasteiger charge is 2.51. The van der Waals surface area contributed by atoms with E-state index < -0.39 is 48.2 Å². The molecule has 8 nitrogen and oxygen atoms in total. The Morgan fingerprint density at radius 3 is 2.33 bits per heavy atom. The van der Waals surface area contributed by atoms with Crippen LogP contribution in [0.15, 0.2) is 0 Å². The SMILES string of the molecule is C[C@@]1(NC(=O)CC[N+](C)(C)C)CS(=O)(=O)C[C@@H]1S(=O)(=O)[O-]. The van der Waals surface area contributed by atoms with Crippen LogP contribution in [0.3, 0.4) is 0 Å². The lowest BCUT2D eigenvalue weighted by atomic mass is 10.0. The van der Waals surface area contributed by atoms with Crippen LogP contribution in [0.1, 0.15) is 13.3 Å². The van der Waals surface area contributed by atoms with E-state index in [2.05, 4.69) is 5.32 Å². The van der Waals surface area contributed by atoms with Crippen molar-refractivity contribution in [3.05, 3.63) is 0 Å². The van der Waals surface area contributed by atoms with E-state index in [-0.39, 0.29) is 6.42 Å². The van der Waals surface area contributed by atoms with Gasteiger partial charge in [0.2, 0.25) is 5.91 Å². The molecule has 1 aliphatic heterocycles. The quantitative estimate of drug-likeness (QED) is 0.470. The molecule has 1 aliphatic rings. The number of carbonyl (C=O) groups excluding carboxylic acids is 1. The Bertz CT molecular complexity index is 620. The van der Waals surface area contributed by atoms with Crippen molar-refractivity contribution in [1.82, 2.24) is 5.32 Å². The molecule has 2 atom stereocenters. The molecule has 0 aliphatic carbocycles. The third-order valence-corrected chi connectivity index (χ3v) is 6.89. The summed E-state index contributed by atoms with van der Waals surface area (Å²) in [7, 11) is -2.82. The van der Waals surface area contributed by atoms with Crippen molar-refractivity contribution in [1.29, 1.82) is 0 Å². The normalized spacial score (nSPS) is 29.3. The van der Waals surface area contributed by atoms with Crippen LogP contribution in [-0.2, 0) is 24.7 Å². The molecule has 0 spiro atoms. The molecule has 21 heavy (non-hydrogen) atoms. The highest BCUT2D eigenvalue weighted by Crippen LogP contribution is 2.28. The highest BCUT2D eigenvalue weighted by atomic mass is 32.2. The molecule has 0 bridgehead atoms. The first-order chi connectivity index (χ1) is 9.15. The summed E-state index contributed by atoms with van der Waals surface area (Å²) in [5.41, 5.74) is -1.57. The van der Waals surface area contributed by atoms with E-state index in [1.807, 2.05) is 21.1 Å². The average molecular weight is 342 g/mol. The van der Waals surface area contributed by atoms with E-state index in [0.29, 0.717) is 11.0 Å². The van der Waals surface area contributed by atoms with Crippen molar-refractivity contribution >= 4 is 25.9 Å². The van der Waals surface area contributed by atoms with E-state index in [9.17, 15) is 26.2 Å². The third-order valence-electron chi connectivity index (χ3n) is 3.42. The maximum atomic E-state index is 11.9. The molecule has 0 aromatic rings. The molecule has 1 amide bonds. The molecular weight excluding hydrogens is 320 g/mol. The summed E-state index contributed by atoms with van der Waals surface area (Å²) in [4.78, 5) is 11.9. The molecule has 1 rings (SSSR count). The third kappa shape index (κ3) is 5.20. The second-order valence-electron chi connectivity index (χ2n) is 6.77. The first kappa shape index (κ1) is 18.3. The summed E-state index contributed by atoms with van der Waals surface area (Å²) >= 11 is 0. The van der Waals surface area contributed by atoms with Gasteiger partial charge in [-0.25, -0.2) is 16.8 Å². The van der Waals surface area contributed by atoms with Crippen LogP contribution in [0.4, 0.5) is 0 Å². The van der Waals surface area contributed by atoms with Gasteiger partial charge in [0.05, 0.1) is 56.4 Å². The lowest BCUT2D eigenvalue weighted by Crippen LogP contribution is -2.57. The fourth-order valence-corrected chi connectivity index (χ4v) is 6.67. The Morgan fingerprint density at radius 2 is 1.90 bits per heavy atom. The molecular formula is C11H22N2O6S2. The van der Waals surface area contributed by atoms with Gasteiger partial charge in [0.15, 0.2) is 9.84 Å². The number of hydrogen-bond donors (Lipinski definition) is 1. The topological polar surface area (TPSA) is 120 Å². The molecule has 0 aromatic heterocycles. The number of carbonyl (C=O) groups is 1. The molecule has 0 aromatic carbocycles. The van der Waals surface area contributed by atoms with Crippen LogP contribution in [-0.4, -0.2) is 81.8 Å². The number of hydrogen-bond acceptors (Lipinski definition) is 6. The second kappa shape index (κ2) is 5.49. The minimum Gasteiger partial charge on any atom is -0.748 e. The summed E-state index contributed by atoms with van der Waals surface area (Å²) in [6.07, 6.45) is 0.116. The fraction of sp³-hybridized carbons (Fsp3) is 0.909. The van der Waals surface area contributed by atoms with Gasteiger partial charge >= 0.3 is 0 Å². The number of rotatable bonds is 5. The minimum atomic E-state index is -4.82. The number of amides is 1. The van der Waals surface area contributed by atoms with Crippen molar-refractivity contribution in [3.63, 3.8) is 0 Å². The van der Waals surface area contributed by atoms with Crippen molar-refractivity contribution in [3.8, 4) is 0 Å². The van der Waals surface area contributed by atoms with Gasteiger partial charge in [0, 0.05) is 0 Å². The van der Waals surface area contributed by atoms with Gasteiger partial charge in [0.1, 0.15) is 10.1 Å². The molecule has 124 valence electrons. The molecule has 0 unspecified atom stereocenters. The van der Waals surface area contributed by atoms with Crippen molar-refractivity contribution in [2.45, 2.75) is 24.1 Å². The summed E-state index contributed by atoms with van der Waals surface area (Å²) < 4.78 is 57.6. The standard InChI is InChI=1S/C11H22N2O6S2/c1-11(12-10(14)5-6-13(2,3)4)8-20(15,16)7-9(11)21(17,18)19/h9H,5-8H2,1-4H3,(H-,12,14,17,18,19)/t9-,11+/m0/s1. The molecule has 10 heteroatoms. The monoisotopic (exact) mass is 342 g/mol. The lowest BCUT2D eigenvalue weighted by molar-refractivity contribution is -0.869. The van der Waals surface area contributed by atoms with E-state index in [1.54, 1.807) is 0 Å². The largest absolute Gasteiger partial charge is 0.748 e. The summed E-state index contributed by atoms with van der Waals surface area (Å²) in [5.74, 6) is -1.75. The molecule has 1 fully saturated rings. The van der Waals surface area contributed by atoms with E-state index in [1.165, 1.54) is 6.92 Å². The van der Waals surface area contributed by atoms with Crippen LogP contribution in [0.5, 0.6) is 0 Å². The fourth-order valence-electron chi connectivity index (χ4n) is 2.36. The van der Waals surface area contributed by atoms with Crippen molar-refractivity contribution < 1.29 is 30.7 Å². The molecule has 1 heterocycles. The first-order valence-electron chi connectivity index (χ1n) is 6.41. The van der Waals surface area contributed by atoms with Gasteiger partial charge in [-0.2, -0.15) is 0 Å². The van der Waals surface area contributed by atoms with Gasteiger partial charge in [-0.15, -0.1) is 0 Å². The number of nitrogens with zero attached hydrogens (tertiary/aromatic N) is 1. The van der Waals surface area contributed by atoms with E-state index in [4.69, 9.17) is 0 Å². The number of nitrogens with one attached hydrogen (secondary N) is 1. The predicted octanol–water partition coefficient (Wildman–Crippen LogP) is -1.70. The van der Waals surface area contributed by atoms with E-state index >= 15 is 0 Å². The number of sulfone groups is 1. The van der Waals surface area contributed by atoms with Gasteiger partial charge < -0.3 is 14.4 Å². The zero-order valence-corrected chi connectivity index (χ0v) is 14.3. The Balaban J connectivity index is 2.90. The maximum absolute atomic E-state index is 11.9. The summed E-state index contributed by atoms with van der Waals surface area (Å²) in [6, 6.07) is 0. The highest BCUT2D eigenvalue weighted by molar-refractivity contribution is 7.94. The smallest absolute Gasteiger partial charge is 0.226 e. The summed E-state index contributed by atoms with van der Waals surface area (Å²) in [6.45, 7) is 1.80. The van der Waals surface area contributed by atoms with Crippen molar-refractivity contribution in [2.24, 2.45) is 0 Å². The van der Waals surface area contributed by atoms with Gasteiger partial charge in [-0.05, 0) is 6.92 Å². The Kier molecular flexibility index (Phi) is 4.79. The van der Waals surface area contributed by atoms with Crippen LogP contribution in [0, 0.1) is 0 Å². The van der Waals surface area contributed by atoms with Gasteiger partial charge in [0.25, 0.3) is 0 Å². The zero-order chi connectivity index (χ0) is 16.7. The molecule has 1 saturated heterocycles. The first-order valence-corrected chi connectivity index (χ1v) is 9.71. The van der Waals surface area contributed by atoms with Gasteiger partial charge in [-0.1, -0.05) is 0 Å². The van der Waals surface area contributed by atoms with Crippen molar-refractivity contribution in [2.75, 3.05) is 39.2 Å². The van der Waals surface area contributed by atoms with Gasteiger partial charge in [-0.3, -0.25) is 4.79 Å². The zero-order valence-electron chi connectivity index (χ0n) is 12.6. The molecule has 0 radical (unpaired) electrons. The second-order valence-corrected chi connectivity index (χ2v) is 10.4. The Hall–Kier alpha value is -0.710. The number of quaternary nitrogens is 1. The van der Waals surface area contributed by atoms with Crippen LogP contribution in [0.2, 0.25) is 0 Å². The summed E-state index contributed by atoms with van der Waals surface area (Å²) in [5, 5.41) is 0.783. The minimum absolute atomic E-state index is 0.116. The van der Waals surface area contributed by atoms with E-state index in [0.717, 1.165) is 0 Å². The average Bonchev–Trinajstić information content (AvgIpc) is 2.44. The Labute approximate surface area is 125 Å². The maximum Gasteiger partial charge on any atom is 0.226 e. The molecule has 0 saturated carbocycles. The van der Waals surface area contributed by atoms with Crippen LogP contribution < -0.4 is 5.32 Å². The predicted molar refractivity (Wildman–Crippen MR) is 76.2 cm³/mol. The Morgan fingerprint density at radius 1 is 1.38 bits per heavy atom.